The second-order valence-electron chi connectivity index (χ2n) is 6.61. The van der Waals surface area contributed by atoms with E-state index in [1.165, 1.54) is 22.3 Å². The highest BCUT2D eigenvalue weighted by atomic mass is 79.9. The Morgan fingerprint density at radius 2 is 1.83 bits per heavy atom. The van der Waals surface area contributed by atoms with Crippen LogP contribution in [0, 0.1) is 0 Å². The quantitative estimate of drug-likeness (QED) is 0.472. The Morgan fingerprint density at radius 1 is 1.03 bits per heavy atom. The molecule has 0 saturated carbocycles. The van der Waals surface area contributed by atoms with Gasteiger partial charge in [0, 0.05) is 33.9 Å². The van der Waals surface area contributed by atoms with E-state index in [4.69, 9.17) is 15.2 Å². The molecule has 30 heavy (non-hydrogen) atoms. The Bertz CT molecular complexity index is 1400. The number of aromatic nitrogens is 3. The first kappa shape index (κ1) is 18.9. The van der Waals surface area contributed by atoms with Crippen LogP contribution in [-0.4, -0.2) is 35.6 Å². The largest absolute Gasteiger partial charge is 0.486 e. The van der Waals surface area contributed by atoms with Crippen LogP contribution in [0.3, 0.4) is 0 Å². The summed E-state index contributed by atoms with van der Waals surface area (Å²) in [4.78, 5) is 8.27. The molecule has 0 bridgehead atoms. The van der Waals surface area contributed by atoms with E-state index in [2.05, 4.69) is 25.9 Å². The Kier molecular flexibility index (Phi) is 4.40. The van der Waals surface area contributed by atoms with Crippen molar-refractivity contribution in [3.63, 3.8) is 0 Å². The molecule has 10 heteroatoms. The molecule has 8 nitrogen and oxygen atoms in total. The SMILES string of the molecule is Nc1nccc(-c2cn(S(=O)(=O)c3ccc4c(c3)OCCO4)c3ccc(Br)cc23)n1. The Balaban J connectivity index is 1.73. The van der Waals surface area contributed by atoms with E-state index in [1.807, 2.05) is 6.07 Å². The fraction of sp³-hybridized carbons (Fsp3) is 0.100. The molecule has 2 aromatic heterocycles. The minimum Gasteiger partial charge on any atom is -0.486 e. The van der Waals surface area contributed by atoms with Crippen LogP contribution in [0.15, 0.2) is 64.2 Å². The molecule has 152 valence electrons. The molecule has 0 aliphatic carbocycles. The lowest BCUT2D eigenvalue weighted by Gasteiger charge is -2.19. The van der Waals surface area contributed by atoms with Gasteiger partial charge >= 0.3 is 0 Å². The number of benzene rings is 2. The molecular formula is C20H15BrN4O4S. The average molecular weight is 487 g/mol. The van der Waals surface area contributed by atoms with Crippen LogP contribution < -0.4 is 15.2 Å². The summed E-state index contributed by atoms with van der Waals surface area (Å²) >= 11 is 3.45. The zero-order valence-electron chi connectivity index (χ0n) is 15.4. The Labute approximate surface area is 180 Å². The average Bonchev–Trinajstić information content (AvgIpc) is 3.13. The van der Waals surface area contributed by atoms with Crippen LogP contribution in [0.1, 0.15) is 0 Å². The minimum absolute atomic E-state index is 0.0975. The van der Waals surface area contributed by atoms with Crippen LogP contribution >= 0.6 is 15.9 Å². The molecular weight excluding hydrogens is 472 g/mol. The normalized spacial score (nSPS) is 13.5. The third kappa shape index (κ3) is 3.08. The molecule has 0 amide bonds. The standard InChI is InChI=1S/C20H15BrN4O4S/c21-12-1-3-17-14(9-12)15(16-5-6-23-20(22)24-16)11-25(17)30(26,27)13-2-4-18-19(10-13)29-8-7-28-18/h1-6,9-11H,7-8H2,(H2,22,23,24). The van der Waals surface area contributed by atoms with Gasteiger partial charge in [-0.2, -0.15) is 0 Å². The van der Waals surface area contributed by atoms with Gasteiger partial charge in [0.1, 0.15) is 13.2 Å². The predicted molar refractivity (Wildman–Crippen MR) is 115 cm³/mol. The van der Waals surface area contributed by atoms with E-state index >= 15 is 0 Å². The van der Waals surface area contributed by atoms with Crippen molar-refractivity contribution < 1.29 is 17.9 Å². The number of ether oxygens (including phenoxy) is 2. The number of nitrogen functional groups attached to an aromatic ring is 1. The summed E-state index contributed by atoms with van der Waals surface area (Å²) in [5, 5.41) is 0.712. The molecule has 0 unspecified atom stereocenters. The van der Waals surface area contributed by atoms with Crippen molar-refractivity contribution in [1.82, 2.24) is 13.9 Å². The van der Waals surface area contributed by atoms with E-state index in [-0.39, 0.29) is 10.8 Å². The fourth-order valence-corrected chi connectivity index (χ4v) is 5.14. The summed E-state index contributed by atoms with van der Waals surface area (Å²) in [6.07, 6.45) is 3.08. The van der Waals surface area contributed by atoms with Gasteiger partial charge in [-0.3, -0.25) is 0 Å². The van der Waals surface area contributed by atoms with Crippen molar-refractivity contribution in [3.05, 3.63) is 59.3 Å². The zero-order valence-corrected chi connectivity index (χ0v) is 17.9. The molecule has 3 heterocycles. The molecule has 0 radical (unpaired) electrons. The predicted octanol–water partition coefficient (Wildman–Crippen LogP) is 3.45. The number of nitrogens with zero attached hydrogens (tertiary/aromatic N) is 3. The molecule has 0 fully saturated rings. The monoisotopic (exact) mass is 486 g/mol. The summed E-state index contributed by atoms with van der Waals surface area (Å²) < 4.78 is 40.2. The maximum Gasteiger partial charge on any atom is 0.268 e. The highest BCUT2D eigenvalue weighted by Gasteiger charge is 2.25. The molecule has 0 atom stereocenters. The van der Waals surface area contributed by atoms with Crippen LogP contribution in [-0.2, 0) is 10.0 Å². The van der Waals surface area contributed by atoms with Gasteiger partial charge < -0.3 is 15.2 Å². The highest BCUT2D eigenvalue weighted by molar-refractivity contribution is 9.10. The third-order valence-electron chi connectivity index (χ3n) is 4.75. The molecule has 2 aromatic carbocycles. The highest BCUT2D eigenvalue weighted by Crippen LogP contribution is 2.36. The van der Waals surface area contributed by atoms with Crippen molar-refractivity contribution in [1.29, 1.82) is 0 Å². The van der Waals surface area contributed by atoms with E-state index in [1.54, 1.807) is 30.5 Å². The minimum atomic E-state index is -3.92. The lowest BCUT2D eigenvalue weighted by atomic mass is 10.1. The van der Waals surface area contributed by atoms with Crippen LogP contribution in [0.2, 0.25) is 0 Å². The van der Waals surface area contributed by atoms with E-state index in [9.17, 15) is 8.42 Å². The van der Waals surface area contributed by atoms with E-state index in [0.29, 0.717) is 46.9 Å². The summed E-state index contributed by atoms with van der Waals surface area (Å²) in [6.45, 7) is 0.803. The Hall–Kier alpha value is -3.11. The molecule has 0 spiro atoms. The molecule has 1 aliphatic heterocycles. The molecule has 1 aliphatic rings. The second-order valence-corrected chi connectivity index (χ2v) is 9.34. The summed E-state index contributed by atoms with van der Waals surface area (Å²) in [5.74, 6) is 1.04. The van der Waals surface area contributed by atoms with Crippen molar-refractivity contribution >= 4 is 42.8 Å². The molecule has 0 saturated heterocycles. The van der Waals surface area contributed by atoms with Gasteiger partial charge in [-0.1, -0.05) is 15.9 Å². The summed E-state index contributed by atoms with van der Waals surface area (Å²) in [5.41, 5.74) is 7.41. The fourth-order valence-electron chi connectivity index (χ4n) is 3.40. The number of halogens is 1. The van der Waals surface area contributed by atoms with Crippen LogP contribution in [0.5, 0.6) is 11.5 Å². The van der Waals surface area contributed by atoms with Gasteiger partial charge in [0.15, 0.2) is 11.5 Å². The summed E-state index contributed by atoms with van der Waals surface area (Å²) in [6, 6.07) is 11.7. The van der Waals surface area contributed by atoms with Gasteiger partial charge in [0.2, 0.25) is 5.95 Å². The number of rotatable bonds is 3. The maximum absolute atomic E-state index is 13.5. The van der Waals surface area contributed by atoms with Crippen molar-refractivity contribution in [3.8, 4) is 22.8 Å². The number of hydrogen-bond donors (Lipinski definition) is 1. The first-order valence-electron chi connectivity index (χ1n) is 8.98. The Morgan fingerprint density at radius 3 is 2.63 bits per heavy atom. The number of hydrogen-bond acceptors (Lipinski definition) is 7. The van der Waals surface area contributed by atoms with E-state index < -0.39 is 10.0 Å². The number of nitrogens with two attached hydrogens (primary N) is 1. The zero-order chi connectivity index (χ0) is 20.9. The third-order valence-corrected chi connectivity index (χ3v) is 6.92. The summed E-state index contributed by atoms with van der Waals surface area (Å²) in [7, 11) is -3.92. The van der Waals surface area contributed by atoms with Crippen molar-refractivity contribution in [2.75, 3.05) is 18.9 Å². The number of fused-ring (bicyclic) bond motifs is 2. The smallest absolute Gasteiger partial charge is 0.268 e. The number of anilines is 1. The van der Waals surface area contributed by atoms with E-state index in [0.717, 1.165) is 4.47 Å². The van der Waals surface area contributed by atoms with Gasteiger partial charge in [0.05, 0.1) is 16.1 Å². The topological polar surface area (TPSA) is 109 Å². The first-order valence-corrected chi connectivity index (χ1v) is 11.2. The molecule has 5 rings (SSSR count). The van der Waals surface area contributed by atoms with Gasteiger partial charge in [-0.15, -0.1) is 0 Å². The van der Waals surface area contributed by atoms with Crippen LogP contribution in [0.4, 0.5) is 5.95 Å². The van der Waals surface area contributed by atoms with Gasteiger partial charge in [0.25, 0.3) is 10.0 Å². The molecule has 4 aromatic rings. The first-order chi connectivity index (χ1) is 14.4. The van der Waals surface area contributed by atoms with Gasteiger partial charge in [-0.05, 0) is 36.4 Å². The lowest BCUT2D eigenvalue weighted by Crippen LogP contribution is -2.17. The van der Waals surface area contributed by atoms with Crippen LogP contribution in [0.25, 0.3) is 22.2 Å². The lowest BCUT2D eigenvalue weighted by molar-refractivity contribution is 0.171. The second kappa shape index (κ2) is 6.99. The van der Waals surface area contributed by atoms with Gasteiger partial charge in [-0.25, -0.2) is 22.4 Å². The van der Waals surface area contributed by atoms with Crippen molar-refractivity contribution in [2.24, 2.45) is 0 Å². The van der Waals surface area contributed by atoms with Crippen molar-refractivity contribution in [2.45, 2.75) is 4.90 Å². The maximum atomic E-state index is 13.5. The molecule has 2 N–H and O–H groups in total.